The van der Waals surface area contributed by atoms with E-state index in [-0.39, 0.29) is 46.4 Å². The third kappa shape index (κ3) is 7.31. The Morgan fingerprint density at radius 2 is 1.67 bits per heavy atom. The van der Waals surface area contributed by atoms with Gasteiger partial charge in [-0.15, -0.1) is 0 Å². The molecular weight excluding hydrogens is 761 g/mol. The summed E-state index contributed by atoms with van der Waals surface area (Å²) in [7, 11) is -2.20. The topological polar surface area (TPSA) is 181 Å². The molecule has 4 fully saturated rings. The number of benzene rings is 1. The van der Waals surface area contributed by atoms with E-state index in [1.54, 1.807) is 12.1 Å². The number of aliphatic carboxylic acids is 1. The number of rotatable bonds is 14. The van der Waals surface area contributed by atoms with Crippen LogP contribution in [0.4, 0.5) is 0 Å². The van der Waals surface area contributed by atoms with Gasteiger partial charge in [-0.25, -0.2) is 13.1 Å². The fourth-order valence-electron chi connectivity index (χ4n) is 13.0. The van der Waals surface area contributed by atoms with Crippen LogP contribution in [0.1, 0.15) is 113 Å². The van der Waals surface area contributed by atoms with Crippen LogP contribution in [0.2, 0.25) is 0 Å². The second-order valence-electron chi connectivity index (χ2n) is 19.7. The quantitative estimate of drug-likeness (QED) is 0.101. The molecule has 1 saturated heterocycles. The Morgan fingerprint density at radius 1 is 0.983 bits per heavy atom. The summed E-state index contributed by atoms with van der Waals surface area (Å²) in [5.74, 6) is -0.877. The first-order chi connectivity index (χ1) is 27.1. The van der Waals surface area contributed by atoms with Gasteiger partial charge < -0.3 is 29.8 Å². The van der Waals surface area contributed by atoms with Crippen LogP contribution < -0.4 is 15.2 Å². The van der Waals surface area contributed by atoms with Crippen molar-refractivity contribution in [3.8, 4) is 5.75 Å². The van der Waals surface area contributed by atoms with E-state index in [0.717, 1.165) is 25.7 Å². The zero-order valence-corrected chi connectivity index (χ0v) is 36.9. The summed E-state index contributed by atoms with van der Waals surface area (Å²) < 4.78 is 52.1. The Kier molecular flexibility index (Phi) is 12.4. The van der Waals surface area contributed by atoms with Gasteiger partial charge >= 0.3 is 17.9 Å². The van der Waals surface area contributed by atoms with Gasteiger partial charge in [0.15, 0.2) is 0 Å². The Bertz CT molecular complexity index is 1870. The van der Waals surface area contributed by atoms with Gasteiger partial charge in [0.1, 0.15) is 24.0 Å². The molecule has 1 aromatic carbocycles. The normalized spacial score (nSPS) is 37.9. The number of carboxylic acids is 1. The van der Waals surface area contributed by atoms with Gasteiger partial charge in [-0.1, -0.05) is 66.5 Å². The van der Waals surface area contributed by atoms with Crippen molar-refractivity contribution in [2.24, 2.45) is 62.4 Å². The van der Waals surface area contributed by atoms with Crippen LogP contribution in [0.15, 0.2) is 40.8 Å². The number of hydrogen-bond donors (Lipinski definition) is 3. The highest BCUT2D eigenvalue weighted by molar-refractivity contribution is 7.89. The predicted molar refractivity (Wildman–Crippen MR) is 219 cm³/mol. The van der Waals surface area contributed by atoms with E-state index in [2.05, 4.69) is 59.3 Å². The van der Waals surface area contributed by atoms with Crippen molar-refractivity contribution in [1.82, 2.24) is 4.72 Å². The smallest absolute Gasteiger partial charge is 0.323 e. The SMILES string of the molecule is COc1ccc(S(=O)(=O)NCCCCC(N)C(=O)O[C@H]2[C@H](OC(C)=O)C[C@@]34COC[C@]2(C)[C@@H]3CC[C@H]2C4=CC[C@@]3(C)[C@H](C(=O)O)[C@@](C)([C@H](C)C(C)C)CC[C@]23C)cc1. The second-order valence-corrected chi connectivity index (χ2v) is 21.5. The van der Waals surface area contributed by atoms with E-state index in [1.165, 1.54) is 31.7 Å². The molecule has 4 aliphatic carbocycles. The number of fused-ring (bicyclic) bond motifs is 3. The standard InChI is InChI=1S/C45H68N2O10S/c1-27(2)28(3)41(5)21-22-43(7)32-17-18-36-42(6)25-55-26-45(36,33(32)19-20-44(43,8)37(41)39(49)50)24-35(56-29(4)48)38(42)57-40(51)34(46)12-10-11-23-47-58(52,53)31-15-13-30(54-9)14-16-31/h13-16,19,27-28,32,34-38,47H,10-12,17-18,20-26,46H2,1-9H3,(H,49,50)/t28-,32+,34?,35-,36+,37-,38+,41-,42-,43-,44+,45+/m1/s1. The van der Waals surface area contributed by atoms with E-state index in [0.29, 0.717) is 50.6 Å². The van der Waals surface area contributed by atoms with E-state index in [4.69, 9.17) is 24.7 Å². The minimum absolute atomic E-state index is 0.0776. The molecule has 4 N–H and O–H groups in total. The van der Waals surface area contributed by atoms with Crippen LogP contribution in [0.3, 0.4) is 0 Å². The maximum absolute atomic E-state index is 13.7. The molecule has 0 aromatic heterocycles. The number of carbonyl (C=O) groups excluding carboxylic acids is 2. The number of unbranched alkanes of at least 4 members (excludes halogenated alkanes) is 1. The average Bonchev–Trinajstić information content (AvgIpc) is 3.15. The number of carboxylic acid groups (broad SMARTS) is 1. The van der Waals surface area contributed by atoms with Crippen molar-refractivity contribution in [2.75, 3.05) is 26.9 Å². The minimum atomic E-state index is -3.71. The summed E-state index contributed by atoms with van der Waals surface area (Å²) in [5, 5.41) is 11.0. The van der Waals surface area contributed by atoms with Gasteiger partial charge in [-0.05, 0) is 116 Å². The highest BCUT2D eigenvalue weighted by atomic mass is 32.2. The summed E-state index contributed by atoms with van der Waals surface area (Å²) >= 11 is 0. The number of nitrogens with two attached hydrogens (primary N) is 1. The van der Waals surface area contributed by atoms with Crippen LogP contribution in [0.25, 0.3) is 0 Å². The van der Waals surface area contributed by atoms with E-state index < -0.39 is 68.3 Å². The van der Waals surface area contributed by atoms with Gasteiger partial charge in [0.2, 0.25) is 10.0 Å². The molecule has 12 nitrogen and oxygen atoms in total. The molecular formula is C45H68N2O10S. The molecule has 1 unspecified atom stereocenters. The van der Waals surface area contributed by atoms with Gasteiger partial charge in [-0.3, -0.25) is 14.4 Å². The predicted octanol–water partition coefficient (Wildman–Crippen LogP) is 6.90. The minimum Gasteiger partial charge on any atom is -0.497 e. The molecule has 3 saturated carbocycles. The van der Waals surface area contributed by atoms with Crippen LogP contribution in [0, 0.1) is 56.7 Å². The molecule has 1 aliphatic heterocycles. The highest BCUT2D eigenvalue weighted by Gasteiger charge is 2.72. The molecule has 0 amide bonds. The Labute approximate surface area is 345 Å². The van der Waals surface area contributed by atoms with Crippen LogP contribution in [-0.2, 0) is 38.6 Å². The zero-order valence-electron chi connectivity index (χ0n) is 36.1. The monoisotopic (exact) mass is 828 g/mol. The van der Waals surface area contributed by atoms with Crippen molar-refractivity contribution < 1.29 is 46.9 Å². The lowest BCUT2D eigenvalue weighted by Gasteiger charge is -2.71. The summed E-state index contributed by atoms with van der Waals surface area (Å²) in [5.41, 5.74) is 5.49. The summed E-state index contributed by atoms with van der Waals surface area (Å²) in [6.07, 6.45) is 6.68. The van der Waals surface area contributed by atoms with Crippen LogP contribution in [-0.4, -0.2) is 76.6 Å². The number of carbonyl (C=O) groups is 3. The molecule has 13 heteroatoms. The van der Waals surface area contributed by atoms with Crippen molar-refractivity contribution in [3.05, 3.63) is 35.9 Å². The van der Waals surface area contributed by atoms with Crippen LogP contribution >= 0.6 is 0 Å². The molecule has 2 bridgehead atoms. The maximum Gasteiger partial charge on any atom is 0.323 e. The molecule has 5 aliphatic rings. The van der Waals surface area contributed by atoms with Gasteiger partial charge in [-0.2, -0.15) is 0 Å². The molecule has 0 spiro atoms. The number of ether oxygens (including phenoxy) is 4. The van der Waals surface area contributed by atoms with Crippen molar-refractivity contribution in [2.45, 2.75) is 136 Å². The van der Waals surface area contributed by atoms with Crippen molar-refractivity contribution >= 4 is 27.9 Å². The first kappa shape index (κ1) is 44.5. The third-order valence-corrected chi connectivity index (χ3v) is 18.0. The highest BCUT2D eigenvalue weighted by Crippen LogP contribution is 2.75. The van der Waals surface area contributed by atoms with E-state index >= 15 is 0 Å². The lowest BCUT2D eigenvalue weighted by molar-refractivity contribution is -0.263. The largest absolute Gasteiger partial charge is 0.497 e. The Balaban J connectivity index is 1.19. The molecule has 6 rings (SSSR count). The van der Waals surface area contributed by atoms with Crippen molar-refractivity contribution in [3.63, 3.8) is 0 Å². The number of esters is 2. The van der Waals surface area contributed by atoms with Gasteiger partial charge in [0.25, 0.3) is 0 Å². The fourth-order valence-corrected chi connectivity index (χ4v) is 14.0. The fraction of sp³-hybridized carbons (Fsp3) is 0.756. The number of nitrogens with one attached hydrogen (secondary N) is 1. The second kappa shape index (κ2) is 16.1. The average molecular weight is 829 g/mol. The maximum atomic E-state index is 13.7. The number of allylic oxidation sites excluding steroid dienone is 1. The summed E-state index contributed by atoms with van der Waals surface area (Å²) in [6.45, 7) is 17.9. The lowest BCUT2D eigenvalue weighted by Crippen LogP contribution is -2.70. The van der Waals surface area contributed by atoms with E-state index in [1.807, 2.05) is 0 Å². The van der Waals surface area contributed by atoms with Crippen molar-refractivity contribution in [1.29, 1.82) is 0 Å². The van der Waals surface area contributed by atoms with Crippen LogP contribution in [0.5, 0.6) is 5.75 Å². The zero-order chi connectivity index (χ0) is 42.6. The number of hydrogen-bond acceptors (Lipinski definition) is 10. The lowest BCUT2D eigenvalue weighted by atomic mass is 9.34. The third-order valence-electron chi connectivity index (χ3n) is 16.5. The molecule has 0 radical (unpaired) electrons. The summed E-state index contributed by atoms with van der Waals surface area (Å²) in [4.78, 5) is 40.1. The Hall–Kier alpha value is -3.00. The molecule has 58 heavy (non-hydrogen) atoms. The molecule has 1 heterocycles. The van der Waals surface area contributed by atoms with Gasteiger partial charge in [0.05, 0.1) is 31.1 Å². The first-order valence-corrected chi connectivity index (χ1v) is 22.9. The van der Waals surface area contributed by atoms with Gasteiger partial charge in [0, 0.05) is 24.3 Å². The molecule has 12 atom stereocenters. The summed E-state index contributed by atoms with van der Waals surface area (Å²) in [6, 6.07) is 5.17. The molecule has 324 valence electrons. The molecule has 1 aromatic rings. The first-order valence-electron chi connectivity index (χ1n) is 21.4. The number of sulfonamides is 1. The van der Waals surface area contributed by atoms with E-state index in [9.17, 15) is 27.9 Å². The number of methoxy groups -OCH3 is 1. The Morgan fingerprint density at radius 3 is 2.29 bits per heavy atom.